The molecule has 2 heterocycles. The van der Waals surface area contributed by atoms with E-state index in [0.717, 1.165) is 6.42 Å². The van der Waals surface area contributed by atoms with Gasteiger partial charge in [-0.25, -0.2) is 19.6 Å². The molecule has 1 aliphatic heterocycles. The second-order valence-electron chi connectivity index (χ2n) is 10.4. The fourth-order valence-electron chi connectivity index (χ4n) is 4.17. The monoisotopic (exact) mass is 521 g/mol. The van der Waals surface area contributed by atoms with Crippen LogP contribution in [0.15, 0.2) is 18.2 Å². The molecule has 1 aromatic heterocycles. The van der Waals surface area contributed by atoms with Crippen LogP contribution in [0.25, 0.3) is 11.0 Å². The summed E-state index contributed by atoms with van der Waals surface area (Å²) in [5.41, 5.74) is 0.417. The SMILES string of the molecule is CCCC1[C@@H](Oc2nc3cc(OC)ccc3nc2Cl)CN(C(=O)OC(C)(C)C)[C@@H]1C(=O)OCC(C)C. The molecule has 0 radical (unpaired) electrons. The Bertz CT molecular complexity index is 1090. The summed E-state index contributed by atoms with van der Waals surface area (Å²) in [6, 6.07) is 4.42. The van der Waals surface area contributed by atoms with Crippen molar-refractivity contribution in [3.05, 3.63) is 23.4 Å². The van der Waals surface area contributed by atoms with Crippen molar-refractivity contribution in [3.8, 4) is 11.6 Å². The van der Waals surface area contributed by atoms with Crippen LogP contribution in [0.2, 0.25) is 5.15 Å². The lowest BCUT2D eigenvalue weighted by Crippen LogP contribution is -2.46. The average Bonchev–Trinajstić information content (AvgIpc) is 3.15. The molecule has 0 bridgehead atoms. The highest BCUT2D eigenvalue weighted by Crippen LogP contribution is 2.35. The molecule has 0 spiro atoms. The van der Waals surface area contributed by atoms with Gasteiger partial charge < -0.3 is 18.9 Å². The third-order valence-electron chi connectivity index (χ3n) is 5.71. The molecular formula is C26H36ClN3O6. The molecule has 1 aromatic carbocycles. The maximum atomic E-state index is 13.2. The number of aromatic nitrogens is 2. The van der Waals surface area contributed by atoms with Gasteiger partial charge in [-0.3, -0.25) is 4.90 Å². The van der Waals surface area contributed by atoms with E-state index >= 15 is 0 Å². The van der Waals surface area contributed by atoms with Crippen LogP contribution in [0.5, 0.6) is 11.6 Å². The van der Waals surface area contributed by atoms with E-state index in [1.165, 1.54) is 4.90 Å². The van der Waals surface area contributed by atoms with Crippen molar-refractivity contribution in [2.24, 2.45) is 11.8 Å². The first kappa shape index (κ1) is 27.8. The predicted molar refractivity (Wildman–Crippen MR) is 136 cm³/mol. The van der Waals surface area contributed by atoms with E-state index in [1.807, 2.05) is 20.8 Å². The van der Waals surface area contributed by atoms with Gasteiger partial charge in [0.25, 0.3) is 5.88 Å². The molecule has 0 saturated carbocycles. The zero-order valence-electron chi connectivity index (χ0n) is 22.0. The summed E-state index contributed by atoms with van der Waals surface area (Å²) in [6.07, 6.45) is 0.234. The summed E-state index contributed by atoms with van der Waals surface area (Å²) in [7, 11) is 1.57. The fourth-order valence-corrected chi connectivity index (χ4v) is 4.34. The van der Waals surface area contributed by atoms with Crippen molar-refractivity contribution in [3.63, 3.8) is 0 Å². The van der Waals surface area contributed by atoms with Crippen molar-refractivity contribution < 1.29 is 28.5 Å². The smallest absolute Gasteiger partial charge is 0.411 e. The van der Waals surface area contributed by atoms with Crippen LogP contribution < -0.4 is 9.47 Å². The Morgan fingerprint density at radius 2 is 1.92 bits per heavy atom. The van der Waals surface area contributed by atoms with Gasteiger partial charge in [-0.2, -0.15) is 0 Å². The van der Waals surface area contributed by atoms with Crippen molar-refractivity contribution >= 4 is 34.7 Å². The molecule has 36 heavy (non-hydrogen) atoms. The third-order valence-corrected chi connectivity index (χ3v) is 5.95. The molecule has 198 valence electrons. The van der Waals surface area contributed by atoms with Crippen LogP contribution in [0.3, 0.4) is 0 Å². The van der Waals surface area contributed by atoms with Gasteiger partial charge in [0.05, 0.1) is 31.3 Å². The highest BCUT2D eigenvalue weighted by molar-refractivity contribution is 6.31. The highest BCUT2D eigenvalue weighted by Gasteiger charge is 2.51. The molecule has 9 nitrogen and oxygen atoms in total. The van der Waals surface area contributed by atoms with Gasteiger partial charge in [-0.05, 0) is 45.2 Å². The zero-order chi connectivity index (χ0) is 26.6. The van der Waals surface area contributed by atoms with Crippen LogP contribution in [0, 0.1) is 11.8 Å². The van der Waals surface area contributed by atoms with E-state index in [2.05, 4.69) is 9.97 Å². The summed E-state index contributed by atoms with van der Waals surface area (Å²) in [4.78, 5) is 36.7. The molecule has 0 aliphatic carbocycles. The number of carbonyl (C=O) groups excluding carboxylic acids is 2. The second-order valence-corrected chi connectivity index (χ2v) is 10.7. The lowest BCUT2D eigenvalue weighted by atomic mass is 9.93. The van der Waals surface area contributed by atoms with Gasteiger partial charge in [0, 0.05) is 12.0 Å². The standard InChI is InChI=1S/C26H36ClN3O6/c1-8-9-17-20(35-23-22(27)28-18-11-10-16(33-7)12-19(18)29-23)13-30(25(32)36-26(4,5)6)21(17)24(31)34-14-15(2)3/h10-12,15,17,20-21H,8-9,13-14H2,1-7H3/t17?,20-,21-/m0/s1. The number of rotatable bonds is 8. The van der Waals surface area contributed by atoms with E-state index in [0.29, 0.717) is 23.2 Å². The molecule has 1 amide bonds. The van der Waals surface area contributed by atoms with Gasteiger partial charge in [0.2, 0.25) is 0 Å². The van der Waals surface area contributed by atoms with Crippen molar-refractivity contribution in [2.75, 3.05) is 20.3 Å². The van der Waals surface area contributed by atoms with Gasteiger partial charge in [0.15, 0.2) is 5.15 Å². The van der Waals surface area contributed by atoms with E-state index in [1.54, 1.807) is 46.1 Å². The molecule has 1 aliphatic rings. The number of hydrogen-bond donors (Lipinski definition) is 0. The first-order valence-corrected chi connectivity index (χ1v) is 12.7. The number of hydrogen-bond acceptors (Lipinski definition) is 8. The Balaban J connectivity index is 1.95. The number of carbonyl (C=O) groups is 2. The molecule has 10 heteroatoms. The van der Waals surface area contributed by atoms with Crippen LogP contribution in [0.1, 0.15) is 54.4 Å². The first-order valence-electron chi connectivity index (χ1n) is 12.3. The average molecular weight is 522 g/mol. The maximum Gasteiger partial charge on any atom is 0.411 e. The van der Waals surface area contributed by atoms with Crippen LogP contribution in [0.4, 0.5) is 4.79 Å². The molecule has 1 fully saturated rings. The lowest BCUT2D eigenvalue weighted by molar-refractivity contribution is -0.151. The maximum absolute atomic E-state index is 13.2. The number of esters is 1. The summed E-state index contributed by atoms with van der Waals surface area (Å²) >= 11 is 6.42. The normalized spacial score (nSPS) is 20.0. The summed E-state index contributed by atoms with van der Waals surface area (Å²) < 4.78 is 22.7. The van der Waals surface area contributed by atoms with E-state index < -0.39 is 29.8 Å². The fraction of sp³-hybridized carbons (Fsp3) is 0.615. The van der Waals surface area contributed by atoms with Crippen molar-refractivity contribution in [1.29, 1.82) is 0 Å². The number of ether oxygens (including phenoxy) is 4. The number of benzene rings is 1. The van der Waals surface area contributed by atoms with E-state index in [9.17, 15) is 9.59 Å². The Morgan fingerprint density at radius 3 is 2.53 bits per heavy atom. The van der Waals surface area contributed by atoms with Crippen LogP contribution >= 0.6 is 11.6 Å². The zero-order valence-corrected chi connectivity index (χ0v) is 22.8. The van der Waals surface area contributed by atoms with E-state index in [-0.39, 0.29) is 36.0 Å². The highest BCUT2D eigenvalue weighted by atomic mass is 35.5. The molecule has 2 aromatic rings. The first-order chi connectivity index (χ1) is 16.9. The largest absolute Gasteiger partial charge is 0.497 e. The van der Waals surface area contributed by atoms with Gasteiger partial charge in [-0.1, -0.05) is 38.8 Å². The van der Waals surface area contributed by atoms with E-state index in [4.69, 9.17) is 30.5 Å². The van der Waals surface area contributed by atoms with Gasteiger partial charge in [0.1, 0.15) is 23.5 Å². The van der Waals surface area contributed by atoms with Crippen molar-refractivity contribution in [1.82, 2.24) is 14.9 Å². The number of fused-ring (bicyclic) bond motifs is 1. The van der Waals surface area contributed by atoms with Gasteiger partial charge >= 0.3 is 12.1 Å². The molecule has 1 saturated heterocycles. The number of halogens is 1. The topological polar surface area (TPSA) is 100 Å². The molecule has 0 N–H and O–H groups in total. The Kier molecular flexibility index (Phi) is 8.87. The summed E-state index contributed by atoms with van der Waals surface area (Å²) in [6.45, 7) is 11.6. The second kappa shape index (κ2) is 11.5. The minimum atomic E-state index is -0.851. The lowest BCUT2D eigenvalue weighted by Gasteiger charge is -2.29. The third kappa shape index (κ3) is 6.69. The van der Waals surface area contributed by atoms with Crippen LogP contribution in [-0.2, 0) is 14.3 Å². The Morgan fingerprint density at radius 1 is 1.19 bits per heavy atom. The molecule has 3 atom stereocenters. The molecule has 1 unspecified atom stereocenters. The summed E-state index contributed by atoms with van der Waals surface area (Å²) in [5.74, 6) is 0.0917. The molecule has 3 rings (SSSR count). The summed E-state index contributed by atoms with van der Waals surface area (Å²) in [5, 5.41) is 0.0950. The predicted octanol–water partition coefficient (Wildman–Crippen LogP) is 5.27. The Hall–Kier alpha value is -2.81. The number of likely N-dealkylation sites (tertiary alicyclic amines) is 1. The van der Waals surface area contributed by atoms with Crippen LogP contribution in [-0.4, -0.2) is 64.9 Å². The van der Waals surface area contributed by atoms with Gasteiger partial charge in [-0.15, -0.1) is 0 Å². The quantitative estimate of drug-likeness (QED) is 0.433. The minimum Gasteiger partial charge on any atom is -0.497 e. The molecular weight excluding hydrogens is 486 g/mol. The minimum absolute atomic E-state index is 0.0950. The van der Waals surface area contributed by atoms with Crippen molar-refractivity contribution in [2.45, 2.75) is 72.1 Å². The number of amides is 1. The number of methoxy groups -OCH3 is 1. The number of nitrogens with zero attached hydrogens (tertiary/aromatic N) is 3. The Labute approximate surface area is 217 Å².